The lowest BCUT2D eigenvalue weighted by Gasteiger charge is -2.20. The monoisotopic (exact) mass is 427 g/mol. The van der Waals surface area contributed by atoms with E-state index >= 15 is 0 Å². The highest BCUT2D eigenvalue weighted by atomic mass is 16.5. The molecule has 0 aliphatic rings. The Morgan fingerprint density at radius 3 is 2.68 bits per heavy atom. The van der Waals surface area contributed by atoms with Gasteiger partial charge in [-0.2, -0.15) is 0 Å². The summed E-state index contributed by atoms with van der Waals surface area (Å²) >= 11 is 0. The summed E-state index contributed by atoms with van der Waals surface area (Å²) in [5.74, 6) is -1.94. The average Bonchev–Trinajstić information content (AvgIpc) is 2.75. The van der Waals surface area contributed by atoms with Crippen LogP contribution in [-0.2, 0) is 20.8 Å². The lowest BCUT2D eigenvalue weighted by molar-refractivity contribution is -0.140. The number of aryl methyl sites for hydroxylation is 1. The molecule has 0 aliphatic carbocycles. The van der Waals surface area contributed by atoms with Gasteiger partial charge in [0.05, 0.1) is 30.7 Å². The van der Waals surface area contributed by atoms with Crippen LogP contribution in [0.1, 0.15) is 35.6 Å². The quantitative estimate of drug-likeness (QED) is 0.435. The van der Waals surface area contributed by atoms with Gasteiger partial charge in [0.15, 0.2) is 5.43 Å². The number of hydrogen-bond acceptors (Lipinski definition) is 7. The first-order valence-corrected chi connectivity index (χ1v) is 9.88. The van der Waals surface area contributed by atoms with Gasteiger partial charge in [-0.15, -0.1) is 0 Å². The van der Waals surface area contributed by atoms with Crippen LogP contribution in [0.25, 0.3) is 11.0 Å². The van der Waals surface area contributed by atoms with E-state index in [1.54, 1.807) is 38.3 Å². The predicted octanol–water partition coefficient (Wildman–Crippen LogP) is 2.70. The molecule has 0 bridgehead atoms. The smallest absolute Gasteiger partial charge is 0.306 e. The summed E-state index contributed by atoms with van der Waals surface area (Å²) in [4.78, 5) is 38.7. The van der Waals surface area contributed by atoms with Crippen molar-refractivity contribution >= 4 is 16.9 Å². The molecule has 2 heterocycles. The first-order valence-electron chi connectivity index (χ1n) is 9.88. The van der Waals surface area contributed by atoms with Gasteiger partial charge in [-0.1, -0.05) is 12.1 Å². The number of pyridine rings is 1. The van der Waals surface area contributed by atoms with Crippen LogP contribution in [0.3, 0.4) is 0 Å². The Balaban J connectivity index is 2.22. The molecule has 0 saturated heterocycles. The number of aromatic hydroxyl groups is 1. The van der Waals surface area contributed by atoms with Crippen molar-refractivity contribution in [3.63, 3.8) is 0 Å². The molecule has 8 heteroatoms. The van der Waals surface area contributed by atoms with E-state index in [-0.39, 0.29) is 28.7 Å². The highest BCUT2D eigenvalue weighted by Crippen LogP contribution is 2.32. The Bertz CT molecular complexity index is 1210. The number of hydrogen-bond donors (Lipinski definition) is 1. The van der Waals surface area contributed by atoms with E-state index in [2.05, 4.69) is 0 Å². The van der Waals surface area contributed by atoms with Crippen LogP contribution in [0.2, 0.25) is 0 Å². The molecule has 164 valence electrons. The van der Waals surface area contributed by atoms with E-state index in [1.807, 2.05) is 0 Å². The van der Waals surface area contributed by atoms with Crippen LogP contribution in [0.4, 0.5) is 0 Å². The fraction of sp³-hybridized carbons (Fsp3) is 0.348. The Morgan fingerprint density at radius 2 is 1.97 bits per heavy atom. The number of methoxy groups -OCH3 is 2. The van der Waals surface area contributed by atoms with E-state index in [9.17, 15) is 19.5 Å². The molecule has 1 unspecified atom stereocenters. The zero-order valence-electron chi connectivity index (χ0n) is 17.7. The summed E-state index contributed by atoms with van der Waals surface area (Å²) in [6.07, 6.45) is 1.52. The van der Waals surface area contributed by atoms with Crippen LogP contribution >= 0.6 is 0 Å². The van der Waals surface area contributed by atoms with Crippen molar-refractivity contribution in [1.29, 1.82) is 0 Å². The van der Waals surface area contributed by atoms with Crippen molar-refractivity contribution in [2.24, 2.45) is 0 Å². The van der Waals surface area contributed by atoms with E-state index < -0.39 is 17.4 Å². The Kier molecular flexibility index (Phi) is 6.91. The molecule has 0 spiro atoms. The van der Waals surface area contributed by atoms with Crippen LogP contribution in [-0.4, -0.2) is 36.5 Å². The number of carbonyl (C=O) groups is 1. The minimum Gasteiger partial charge on any atom is -0.507 e. The number of carbonyl (C=O) groups excluding carboxylic acids is 1. The van der Waals surface area contributed by atoms with Crippen molar-refractivity contribution in [2.75, 3.05) is 20.8 Å². The zero-order chi connectivity index (χ0) is 22.5. The first kappa shape index (κ1) is 22.3. The van der Waals surface area contributed by atoms with E-state index in [0.717, 1.165) is 0 Å². The second-order valence-electron chi connectivity index (χ2n) is 7.24. The standard InChI is InChI=1S/C23H25NO7/c1-14-11-18(25)21(23(28)24(14)9-6-10-29-2)16(12-20(26)30-3)17-13-31-19-8-5-4-7-15(19)22(17)27/h4-5,7-8,11,13,16,25H,6,9-10,12H2,1-3H3. The van der Waals surface area contributed by atoms with Crippen molar-refractivity contribution in [1.82, 2.24) is 4.57 Å². The second kappa shape index (κ2) is 9.61. The third-order valence-corrected chi connectivity index (χ3v) is 5.28. The molecule has 3 rings (SSSR count). The minimum atomic E-state index is -1.03. The molecule has 8 nitrogen and oxygen atoms in total. The number of esters is 1. The summed E-state index contributed by atoms with van der Waals surface area (Å²) < 4.78 is 16.9. The van der Waals surface area contributed by atoms with Crippen molar-refractivity contribution in [3.05, 3.63) is 74.0 Å². The number of aromatic nitrogens is 1. The molecule has 31 heavy (non-hydrogen) atoms. The van der Waals surface area contributed by atoms with E-state index in [1.165, 1.54) is 24.0 Å². The molecule has 1 N–H and O–H groups in total. The largest absolute Gasteiger partial charge is 0.507 e. The first-order chi connectivity index (χ1) is 14.9. The third-order valence-electron chi connectivity index (χ3n) is 5.28. The van der Waals surface area contributed by atoms with Gasteiger partial charge in [-0.25, -0.2) is 0 Å². The molecular weight excluding hydrogens is 402 g/mol. The normalized spacial score (nSPS) is 12.1. The van der Waals surface area contributed by atoms with E-state index in [4.69, 9.17) is 13.9 Å². The summed E-state index contributed by atoms with van der Waals surface area (Å²) in [5.41, 5.74) is 0.152. The number of para-hydroxylation sites is 1. The topological polar surface area (TPSA) is 108 Å². The molecule has 3 aromatic rings. The fourth-order valence-electron chi connectivity index (χ4n) is 3.69. The average molecular weight is 427 g/mol. The number of fused-ring (bicyclic) bond motifs is 1. The van der Waals surface area contributed by atoms with Gasteiger partial charge in [0, 0.05) is 37.4 Å². The van der Waals surface area contributed by atoms with Crippen molar-refractivity contribution in [3.8, 4) is 5.75 Å². The van der Waals surface area contributed by atoms with Crippen LogP contribution in [0.15, 0.2) is 50.6 Å². The summed E-state index contributed by atoms with van der Waals surface area (Å²) in [6, 6.07) is 8.15. The Hall–Kier alpha value is -3.39. The summed E-state index contributed by atoms with van der Waals surface area (Å²) in [7, 11) is 2.80. The maximum absolute atomic E-state index is 13.3. The minimum absolute atomic E-state index is 0.0454. The number of nitrogens with zero attached hydrogens (tertiary/aromatic N) is 1. The van der Waals surface area contributed by atoms with Gasteiger partial charge in [-0.05, 0) is 31.5 Å². The highest BCUT2D eigenvalue weighted by Gasteiger charge is 2.29. The lowest BCUT2D eigenvalue weighted by atomic mass is 9.88. The zero-order valence-corrected chi connectivity index (χ0v) is 17.7. The molecule has 0 saturated carbocycles. The van der Waals surface area contributed by atoms with Crippen molar-refractivity contribution < 1.29 is 23.8 Å². The maximum atomic E-state index is 13.3. The second-order valence-corrected chi connectivity index (χ2v) is 7.24. The van der Waals surface area contributed by atoms with Crippen molar-refractivity contribution in [2.45, 2.75) is 32.2 Å². The fourth-order valence-corrected chi connectivity index (χ4v) is 3.69. The molecule has 0 amide bonds. The van der Waals surface area contributed by atoms with Crippen LogP contribution in [0, 0.1) is 6.92 Å². The number of benzene rings is 1. The SMILES string of the molecule is COCCCn1c(C)cc(O)c(C(CC(=O)OC)c2coc3ccccc3c2=O)c1=O. The van der Waals surface area contributed by atoms with Gasteiger partial charge in [0.1, 0.15) is 11.3 Å². The predicted molar refractivity (Wildman–Crippen MR) is 115 cm³/mol. The summed E-state index contributed by atoms with van der Waals surface area (Å²) in [5, 5.41) is 11.0. The van der Waals surface area contributed by atoms with Gasteiger partial charge in [0.2, 0.25) is 0 Å². The van der Waals surface area contributed by atoms with Crippen LogP contribution < -0.4 is 11.0 Å². The molecular formula is C23H25NO7. The molecule has 0 aliphatic heterocycles. The third kappa shape index (κ3) is 4.54. The molecule has 0 radical (unpaired) electrons. The molecule has 0 fully saturated rings. The van der Waals surface area contributed by atoms with Gasteiger partial charge < -0.3 is 23.6 Å². The van der Waals surface area contributed by atoms with Gasteiger partial charge in [-0.3, -0.25) is 14.4 Å². The number of ether oxygens (including phenoxy) is 2. The van der Waals surface area contributed by atoms with Gasteiger partial charge >= 0.3 is 5.97 Å². The molecule has 2 aromatic heterocycles. The van der Waals surface area contributed by atoms with E-state index in [0.29, 0.717) is 36.2 Å². The van der Waals surface area contributed by atoms with Crippen LogP contribution in [0.5, 0.6) is 5.75 Å². The lowest BCUT2D eigenvalue weighted by Crippen LogP contribution is -2.30. The molecule has 1 atom stereocenters. The Morgan fingerprint density at radius 1 is 1.23 bits per heavy atom. The molecule has 1 aromatic carbocycles. The summed E-state index contributed by atoms with van der Waals surface area (Å²) in [6.45, 7) is 2.53. The van der Waals surface area contributed by atoms with Gasteiger partial charge in [0.25, 0.3) is 5.56 Å². The maximum Gasteiger partial charge on any atom is 0.306 e. The number of rotatable bonds is 8. The highest BCUT2D eigenvalue weighted by molar-refractivity contribution is 5.77. The Labute approximate surface area is 178 Å².